The highest BCUT2D eigenvalue weighted by molar-refractivity contribution is 6.21. The second-order valence-corrected chi connectivity index (χ2v) is 7.76. The van der Waals surface area contributed by atoms with E-state index >= 15 is 0 Å². The zero-order chi connectivity index (χ0) is 20.8. The summed E-state index contributed by atoms with van der Waals surface area (Å²) in [5.41, 5.74) is 7.25. The number of fused-ring (bicyclic) bond motifs is 1. The van der Waals surface area contributed by atoms with Crippen LogP contribution in [0.4, 0.5) is 5.69 Å². The molecular formula is C28H30N2. The minimum atomic E-state index is 0.991. The molecular weight excluding hydrogens is 364 g/mol. The minimum absolute atomic E-state index is 0.991. The lowest BCUT2D eigenvalue weighted by molar-refractivity contribution is 0.648. The zero-order valence-electron chi connectivity index (χ0n) is 18.0. The molecule has 0 aliphatic heterocycles. The Bertz CT molecular complexity index is 1120. The third kappa shape index (κ3) is 4.09. The number of para-hydroxylation sites is 2. The Morgan fingerprint density at radius 2 is 1.43 bits per heavy atom. The number of unbranched alkanes of at least 4 members (excludes halogenated alkanes) is 1. The van der Waals surface area contributed by atoms with Crippen LogP contribution in [0.15, 0.2) is 89.9 Å². The maximum atomic E-state index is 5.19. The van der Waals surface area contributed by atoms with Crippen molar-refractivity contribution in [3.05, 3.63) is 102 Å². The van der Waals surface area contributed by atoms with E-state index in [2.05, 4.69) is 97.3 Å². The lowest BCUT2D eigenvalue weighted by Crippen LogP contribution is -2.10. The molecule has 0 unspecified atom stereocenters. The van der Waals surface area contributed by atoms with Crippen molar-refractivity contribution in [1.82, 2.24) is 4.57 Å². The normalized spacial score (nSPS) is 11.9. The number of aryl methyl sites for hydroxylation is 1. The zero-order valence-corrected chi connectivity index (χ0v) is 18.0. The van der Waals surface area contributed by atoms with E-state index in [1.54, 1.807) is 0 Å². The summed E-state index contributed by atoms with van der Waals surface area (Å²) in [6.45, 7) is 5.56. The van der Waals surface area contributed by atoms with Gasteiger partial charge < -0.3 is 4.57 Å². The summed E-state index contributed by atoms with van der Waals surface area (Å²) in [4.78, 5) is 5.19. The van der Waals surface area contributed by atoms with Crippen LogP contribution in [-0.4, -0.2) is 10.3 Å². The summed E-state index contributed by atoms with van der Waals surface area (Å²) in [5.74, 6) is 0. The monoisotopic (exact) mass is 394 g/mol. The summed E-state index contributed by atoms with van der Waals surface area (Å²) in [7, 11) is 0. The molecule has 1 aromatic heterocycles. The van der Waals surface area contributed by atoms with Gasteiger partial charge in [-0.05, 0) is 37.5 Å². The number of benzene rings is 3. The predicted molar refractivity (Wildman–Crippen MR) is 129 cm³/mol. The summed E-state index contributed by atoms with van der Waals surface area (Å²) in [6.07, 6.45) is 4.55. The molecule has 0 bridgehead atoms. The number of hydrogen-bond acceptors (Lipinski definition) is 1. The Hall–Kier alpha value is -3.13. The fourth-order valence-electron chi connectivity index (χ4n) is 4.20. The molecule has 0 fully saturated rings. The highest BCUT2D eigenvalue weighted by Gasteiger charge is 2.21. The lowest BCUT2D eigenvalue weighted by Gasteiger charge is -2.13. The summed E-state index contributed by atoms with van der Waals surface area (Å²) < 4.78 is 2.53. The Balaban J connectivity index is 2.03. The SMILES string of the molecule is CCCCc1c(C(=Nc2ccccc2)c2ccccc2)c2ccccc2n1CCC. The number of hydrogen-bond donors (Lipinski definition) is 0. The molecule has 0 atom stereocenters. The topological polar surface area (TPSA) is 17.3 Å². The average molecular weight is 395 g/mol. The van der Waals surface area contributed by atoms with Crippen LogP contribution in [0, 0.1) is 0 Å². The van der Waals surface area contributed by atoms with Crippen molar-refractivity contribution in [1.29, 1.82) is 0 Å². The average Bonchev–Trinajstić information content (AvgIpc) is 3.11. The number of aliphatic imine (C=N–C) groups is 1. The first-order chi connectivity index (χ1) is 14.8. The molecule has 2 heteroatoms. The predicted octanol–water partition coefficient (Wildman–Crippen LogP) is 7.56. The van der Waals surface area contributed by atoms with Crippen LogP contribution in [0.2, 0.25) is 0 Å². The minimum Gasteiger partial charge on any atom is -0.344 e. The lowest BCUT2D eigenvalue weighted by atomic mass is 9.97. The molecule has 0 spiro atoms. The van der Waals surface area contributed by atoms with E-state index in [1.807, 2.05) is 6.07 Å². The van der Waals surface area contributed by atoms with Crippen molar-refractivity contribution < 1.29 is 0 Å². The van der Waals surface area contributed by atoms with E-state index in [-0.39, 0.29) is 0 Å². The van der Waals surface area contributed by atoms with E-state index < -0.39 is 0 Å². The molecule has 0 radical (unpaired) electrons. The molecule has 152 valence electrons. The first kappa shape index (κ1) is 20.2. The highest BCUT2D eigenvalue weighted by Crippen LogP contribution is 2.32. The molecule has 0 aliphatic rings. The smallest absolute Gasteiger partial charge is 0.0805 e. The van der Waals surface area contributed by atoms with Gasteiger partial charge >= 0.3 is 0 Å². The van der Waals surface area contributed by atoms with Crippen LogP contribution >= 0.6 is 0 Å². The molecule has 0 N–H and O–H groups in total. The van der Waals surface area contributed by atoms with Crippen molar-refractivity contribution >= 4 is 22.3 Å². The van der Waals surface area contributed by atoms with Gasteiger partial charge in [-0.3, -0.25) is 0 Å². The van der Waals surface area contributed by atoms with Crippen molar-refractivity contribution in [2.45, 2.75) is 46.1 Å². The fourth-order valence-corrected chi connectivity index (χ4v) is 4.20. The Morgan fingerprint density at radius 3 is 2.13 bits per heavy atom. The Morgan fingerprint density at radius 1 is 0.767 bits per heavy atom. The number of aromatic nitrogens is 1. The maximum absolute atomic E-state index is 5.19. The fraction of sp³-hybridized carbons (Fsp3) is 0.250. The Labute approximate surface area is 179 Å². The molecule has 0 saturated heterocycles. The molecule has 0 aliphatic carbocycles. The maximum Gasteiger partial charge on any atom is 0.0805 e. The van der Waals surface area contributed by atoms with Gasteiger partial charge in [0.15, 0.2) is 0 Å². The van der Waals surface area contributed by atoms with Gasteiger partial charge in [-0.15, -0.1) is 0 Å². The van der Waals surface area contributed by atoms with Gasteiger partial charge in [0.1, 0.15) is 0 Å². The molecule has 1 heterocycles. The van der Waals surface area contributed by atoms with Gasteiger partial charge in [-0.1, -0.05) is 87.0 Å². The van der Waals surface area contributed by atoms with Crippen molar-refractivity contribution in [3.8, 4) is 0 Å². The van der Waals surface area contributed by atoms with Crippen molar-refractivity contribution in [3.63, 3.8) is 0 Å². The first-order valence-corrected chi connectivity index (χ1v) is 11.1. The molecule has 30 heavy (non-hydrogen) atoms. The highest BCUT2D eigenvalue weighted by atomic mass is 15.0. The molecule has 4 aromatic rings. The molecule has 0 saturated carbocycles. The van der Waals surface area contributed by atoms with Crippen LogP contribution in [-0.2, 0) is 13.0 Å². The van der Waals surface area contributed by atoms with Crippen LogP contribution in [0.1, 0.15) is 49.9 Å². The van der Waals surface area contributed by atoms with Gasteiger partial charge in [0.05, 0.1) is 11.4 Å². The summed E-state index contributed by atoms with van der Waals surface area (Å²) in [6, 6.07) is 29.8. The molecule has 0 amide bonds. The number of rotatable bonds is 8. The van der Waals surface area contributed by atoms with Crippen LogP contribution in [0.25, 0.3) is 10.9 Å². The second-order valence-electron chi connectivity index (χ2n) is 7.76. The van der Waals surface area contributed by atoms with E-state index in [0.29, 0.717) is 0 Å². The van der Waals surface area contributed by atoms with Crippen LogP contribution in [0.3, 0.4) is 0 Å². The third-order valence-corrected chi connectivity index (χ3v) is 5.57. The Kier molecular flexibility index (Phi) is 6.44. The quantitative estimate of drug-likeness (QED) is 0.274. The van der Waals surface area contributed by atoms with Gasteiger partial charge in [0.25, 0.3) is 0 Å². The van der Waals surface area contributed by atoms with E-state index in [4.69, 9.17) is 4.99 Å². The van der Waals surface area contributed by atoms with Gasteiger partial charge in [-0.25, -0.2) is 4.99 Å². The number of nitrogens with zero attached hydrogens (tertiary/aromatic N) is 2. The largest absolute Gasteiger partial charge is 0.344 e. The molecule has 4 rings (SSSR count). The first-order valence-electron chi connectivity index (χ1n) is 11.1. The van der Waals surface area contributed by atoms with E-state index in [1.165, 1.54) is 40.6 Å². The van der Waals surface area contributed by atoms with Crippen molar-refractivity contribution in [2.75, 3.05) is 0 Å². The van der Waals surface area contributed by atoms with E-state index in [0.717, 1.165) is 30.8 Å². The van der Waals surface area contributed by atoms with Gasteiger partial charge in [0.2, 0.25) is 0 Å². The van der Waals surface area contributed by atoms with E-state index in [9.17, 15) is 0 Å². The van der Waals surface area contributed by atoms with Gasteiger partial charge in [0, 0.05) is 34.3 Å². The summed E-state index contributed by atoms with van der Waals surface area (Å²) >= 11 is 0. The van der Waals surface area contributed by atoms with Crippen LogP contribution < -0.4 is 0 Å². The molecule has 3 aromatic carbocycles. The third-order valence-electron chi connectivity index (χ3n) is 5.57. The standard InChI is InChI=1S/C28H30N2/c1-3-5-19-26-27(24-18-12-13-20-25(24)30(26)21-4-2)28(22-14-8-6-9-15-22)29-23-16-10-7-11-17-23/h6-18,20H,3-5,19,21H2,1-2H3. The van der Waals surface area contributed by atoms with Crippen LogP contribution in [0.5, 0.6) is 0 Å². The summed E-state index contributed by atoms with van der Waals surface area (Å²) in [5, 5.41) is 1.30. The van der Waals surface area contributed by atoms with Crippen molar-refractivity contribution in [2.24, 2.45) is 4.99 Å². The van der Waals surface area contributed by atoms with Gasteiger partial charge in [-0.2, -0.15) is 0 Å². The molecule has 2 nitrogen and oxygen atoms in total. The second kappa shape index (κ2) is 9.58.